The molecule has 1 aromatic carbocycles. The third-order valence-corrected chi connectivity index (χ3v) is 2.45. The van der Waals surface area contributed by atoms with Crippen molar-refractivity contribution in [1.82, 2.24) is 0 Å². The van der Waals surface area contributed by atoms with Crippen molar-refractivity contribution in [3.05, 3.63) is 39.7 Å². The number of nitro groups is 1. The molecule has 0 aliphatic heterocycles. The SMILES string of the molecule is CC(C)CC(O)Cc1ccc([N+](=O)[O-])cc1F. The lowest BCUT2D eigenvalue weighted by Gasteiger charge is -2.13. The average Bonchev–Trinajstić information content (AvgIpc) is 2.19. The Bertz CT molecular complexity index is 407. The van der Waals surface area contributed by atoms with Crippen LogP contribution < -0.4 is 0 Å². The van der Waals surface area contributed by atoms with Crippen LogP contribution in [0.1, 0.15) is 25.8 Å². The van der Waals surface area contributed by atoms with E-state index in [9.17, 15) is 19.6 Å². The quantitative estimate of drug-likeness (QED) is 0.636. The fourth-order valence-electron chi connectivity index (χ4n) is 1.70. The first-order valence-electron chi connectivity index (χ1n) is 5.51. The highest BCUT2D eigenvalue weighted by Gasteiger charge is 2.14. The Labute approximate surface area is 99.2 Å². The number of nitrogens with zero attached hydrogens (tertiary/aromatic N) is 1. The Hall–Kier alpha value is -1.49. The molecule has 0 amide bonds. The zero-order valence-corrected chi connectivity index (χ0v) is 9.89. The van der Waals surface area contributed by atoms with Gasteiger partial charge in [-0.15, -0.1) is 0 Å². The number of rotatable bonds is 5. The van der Waals surface area contributed by atoms with E-state index in [1.807, 2.05) is 13.8 Å². The summed E-state index contributed by atoms with van der Waals surface area (Å²) >= 11 is 0. The molecule has 0 saturated heterocycles. The minimum atomic E-state index is -0.641. The van der Waals surface area contributed by atoms with Crippen molar-refractivity contribution in [2.45, 2.75) is 32.8 Å². The molecule has 0 bridgehead atoms. The highest BCUT2D eigenvalue weighted by Crippen LogP contribution is 2.19. The lowest BCUT2D eigenvalue weighted by molar-refractivity contribution is -0.385. The Morgan fingerprint density at radius 2 is 2.12 bits per heavy atom. The van der Waals surface area contributed by atoms with E-state index in [-0.39, 0.29) is 12.1 Å². The van der Waals surface area contributed by atoms with Crippen molar-refractivity contribution in [1.29, 1.82) is 0 Å². The van der Waals surface area contributed by atoms with Crippen LogP contribution in [0.4, 0.5) is 10.1 Å². The Morgan fingerprint density at radius 3 is 2.59 bits per heavy atom. The molecule has 0 fully saturated rings. The summed E-state index contributed by atoms with van der Waals surface area (Å²) in [4.78, 5) is 9.78. The molecule has 4 nitrogen and oxygen atoms in total. The molecular weight excluding hydrogens is 225 g/mol. The van der Waals surface area contributed by atoms with Crippen LogP contribution >= 0.6 is 0 Å². The van der Waals surface area contributed by atoms with Gasteiger partial charge in [-0.1, -0.05) is 13.8 Å². The predicted octanol–water partition coefficient (Wildman–Crippen LogP) is 2.68. The summed E-state index contributed by atoms with van der Waals surface area (Å²) in [5, 5.41) is 20.1. The van der Waals surface area contributed by atoms with E-state index in [0.29, 0.717) is 17.9 Å². The molecule has 0 spiro atoms. The van der Waals surface area contributed by atoms with Crippen LogP contribution in [-0.2, 0) is 6.42 Å². The molecule has 0 aromatic heterocycles. The maximum Gasteiger partial charge on any atom is 0.272 e. The molecule has 1 aromatic rings. The van der Waals surface area contributed by atoms with Crippen LogP contribution in [0.3, 0.4) is 0 Å². The predicted molar refractivity (Wildman–Crippen MR) is 62.2 cm³/mol. The minimum Gasteiger partial charge on any atom is -0.393 e. The first kappa shape index (κ1) is 13.6. The second-order valence-corrected chi connectivity index (χ2v) is 4.52. The van der Waals surface area contributed by atoms with Gasteiger partial charge in [-0.25, -0.2) is 4.39 Å². The lowest BCUT2D eigenvalue weighted by Crippen LogP contribution is -2.14. The number of aliphatic hydroxyl groups excluding tert-OH is 1. The van der Waals surface area contributed by atoms with Crippen LogP contribution in [-0.4, -0.2) is 16.1 Å². The van der Waals surface area contributed by atoms with Crippen molar-refractivity contribution in [3.63, 3.8) is 0 Å². The van der Waals surface area contributed by atoms with E-state index in [4.69, 9.17) is 0 Å². The van der Waals surface area contributed by atoms with Crippen molar-refractivity contribution >= 4 is 5.69 Å². The summed E-state index contributed by atoms with van der Waals surface area (Å²) in [5.41, 5.74) is 0.0355. The van der Waals surface area contributed by atoms with E-state index >= 15 is 0 Å². The number of non-ortho nitro benzene ring substituents is 1. The average molecular weight is 241 g/mol. The standard InChI is InChI=1S/C12H16FNO3/c1-8(2)5-11(15)6-9-3-4-10(14(16)17)7-12(9)13/h3-4,7-8,11,15H,5-6H2,1-2H3. The molecule has 0 heterocycles. The summed E-state index contributed by atoms with van der Waals surface area (Å²) in [7, 11) is 0. The van der Waals surface area contributed by atoms with Crippen LogP contribution in [0.2, 0.25) is 0 Å². The molecule has 1 rings (SSSR count). The third kappa shape index (κ3) is 4.11. The van der Waals surface area contributed by atoms with Gasteiger partial charge in [0.05, 0.1) is 17.1 Å². The monoisotopic (exact) mass is 241 g/mol. The summed E-state index contributed by atoms with van der Waals surface area (Å²) < 4.78 is 13.5. The Balaban J connectivity index is 2.75. The second-order valence-electron chi connectivity index (χ2n) is 4.52. The number of nitro benzene ring substituents is 1. The number of benzene rings is 1. The zero-order valence-electron chi connectivity index (χ0n) is 9.89. The van der Waals surface area contributed by atoms with Crippen molar-refractivity contribution in [3.8, 4) is 0 Å². The fraction of sp³-hybridized carbons (Fsp3) is 0.500. The third-order valence-electron chi connectivity index (χ3n) is 2.45. The Morgan fingerprint density at radius 1 is 1.47 bits per heavy atom. The molecule has 1 unspecified atom stereocenters. The van der Waals surface area contributed by atoms with E-state index < -0.39 is 16.8 Å². The van der Waals surface area contributed by atoms with E-state index in [1.165, 1.54) is 12.1 Å². The van der Waals surface area contributed by atoms with Crippen molar-refractivity contribution in [2.75, 3.05) is 0 Å². The summed E-state index contributed by atoms with van der Waals surface area (Å²) in [6, 6.07) is 3.49. The number of halogens is 1. The van der Waals surface area contributed by atoms with Gasteiger partial charge in [0.2, 0.25) is 0 Å². The molecule has 94 valence electrons. The van der Waals surface area contributed by atoms with Gasteiger partial charge in [0.25, 0.3) is 5.69 Å². The van der Waals surface area contributed by atoms with Gasteiger partial charge >= 0.3 is 0 Å². The number of hydrogen-bond donors (Lipinski definition) is 1. The van der Waals surface area contributed by atoms with Crippen LogP contribution in [0.25, 0.3) is 0 Å². The van der Waals surface area contributed by atoms with E-state index in [2.05, 4.69) is 0 Å². The van der Waals surface area contributed by atoms with Gasteiger partial charge < -0.3 is 5.11 Å². The van der Waals surface area contributed by atoms with Crippen molar-refractivity contribution in [2.24, 2.45) is 5.92 Å². The van der Waals surface area contributed by atoms with E-state index in [1.54, 1.807) is 0 Å². The topological polar surface area (TPSA) is 63.4 Å². The molecule has 1 N–H and O–H groups in total. The zero-order chi connectivity index (χ0) is 13.0. The molecule has 0 aliphatic carbocycles. The highest BCUT2D eigenvalue weighted by atomic mass is 19.1. The second kappa shape index (κ2) is 5.72. The molecule has 0 radical (unpaired) electrons. The van der Waals surface area contributed by atoms with Crippen LogP contribution in [0.15, 0.2) is 18.2 Å². The normalized spacial score (nSPS) is 12.8. The molecule has 0 aliphatic rings. The number of aliphatic hydroxyl groups is 1. The Kier molecular flexibility index (Phi) is 4.57. The van der Waals surface area contributed by atoms with Gasteiger partial charge in [-0.2, -0.15) is 0 Å². The smallest absolute Gasteiger partial charge is 0.272 e. The molecular formula is C12H16FNO3. The van der Waals surface area contributed by atoms with Gasteiger partial charge in [-0.05, 0) is 24.0 Å². The van der Waals surface area contributed by atoms with Gasteiger partial charge in [-0.3, -0.25) is 10.1 Å². The summed E-state index contributed by atoms with van der Waals surface area (Å²) in [6.45, 7) is 3.94. The van der Waals surface area contributed by atoms with Crippen molar-refractivity contribution < 1.29 is 14.4 Å². The largest absolute Gasteiger partial charge is 0.393 e. The first-order valence-corrected chi connectivity index (χ1v) is 5.51. The maximum absolute atomic E-state index is 13.5. The van der Waals surface area contributed by atoms with Gasteiger partial charge in [0.1, 0.15) is 5.82 Å². The fourth-order valence-corrected chi connectivity index (χ4v) is 1.70. The van der Waals surface area contributed by atoms with E-state index in [0.717, 1.165) is 6.07 Å². The molecule has 5 heteroatoms. The molecule has 1 atom stereocenters. The van der Waals surface area contributed by atoms with Gasteiger partial charge in [0.15, 0.2) is 0 Å². The minimum absolute atomic E-state index is 0.183. The lowest BCUT2D eigenvalue weighted by atomic mass is 9.99. The van der Waals surface area contributed by atoms with Crippen LogP contribution in [0, 0.1) is 21.8 Å². The van der Waals surface area contributed by atoms with Crippen LogP contribution in [0.5, 0.6) is 0 Å². The highest BCUT2D eigenvalue weighted by molar-refractivity contribution is 5.34. The summed E-state index contributed by atoms with van der Waals surface area (Å²) in [6.07, 6.45) is 0.143. The van der Waals surface area contributed by atoms with Gasteiger partial charge in [0, 0.05) is 12.5 Å². The molecule has 0 saturated carbocycles. The number of hydrogen-bond acceptors (Lipinski definition) is 3. The first-order chi connectivity index (χ1) is 7.90. The molecule has 17 heavy (non-hydrogen) atoms. The summed E-state index contributed by atoms with van der Waals surface area (Å²) in [5.74, 6) is -0.312. The maximum atomic E-state index is 13.5.